The van der Waals surface area contributed by atoms with E-state index in [0.29, 0.717) is 17.9 Å². The summed E-state index contributed by atoms with van der Waals surface area (Å²) in [4.78, 5) is 22.5. The molecule has 0 bridgehead atoms. The Labute approximate surface area is 119 Å². The van der Waals surface area contributed by atoms with Crippen molar-refractivity contribution in [3.05, 3.63) is 18.1 Å². The third kappa shape index (κ3) is 2.62. The van der Waals surface area contributed by atoms with Crippen molar-refractivity contribution in [2.75, 3.05) is 18.4 Å². The van der Waals surface area contributed by atoms with E-state index in [1.54, 1.807) is 6.33 Å². The van der Waals surface area contributed by atoms with Crippen LogP contribution in [0.5, 0.6) is 0 Å². The zero-order valence-electron chi connectivity index (χ0n) is 12.2. The molecule has 0 atom stereocenters. The predicted octanol–water partition coefficient (Wildman–Crippen LogP) is 2.02. The quantitative estimate of drug-likeness (QED) is 0.912. The van der Waals surface area contributed by atoms with Crippen LogP contribution in [-0.4, -0.2) is 39.9 Å². The van der Waals surface area contributed by atoms with Gasteiger partial charge in [-0.25, -0.2) is 9.97 Å². The highest BCUT2D eigenvalue weighted by Gasteiger charge is 2.38. The summed E-state index contributed by atoms with van der Waals surface area (Å²) in [6.45, 7) is 6.16. The van der Waals surface area contributed by atoms with Crippen LogP contribution in [0.3, 0.4) is 0 Å². The first kappa shape index (κ1) is 13.3. The zero-order chi connectivity index (χ0) is 14.1. The van der Waals surface area contributed by atoms with Crippen LogP contribution in [0.4, 0.5) is 5.82 Å². The molecule has 2 aliphatic rings. The van der Waals surface area contributed by atoms with Crippen LogP contribution in [0.2, 0.25) is 0 Å². The van der Waals surface area contributed by atoms with Gasteiger partial charge in [-0.3, -0.25) is 4.79 Å². The van der Waals surface area contributed by atoms with Gasteiger partial charge in [-0.1, -0.05) is 13.8 Å². The first-order valence-corrected chi connectivity index (χ1v) is 7.50. The van der Waals surface area contributed by atoms with Crippen molar-refractivity contribution in [2.24, 2.45) is 5.92 Å². The highest BCUT2D eigenvalue weighted by molar-refractivity contribution is 5.80. The molecule has 1 aliphatic heterocycles. The monoisotopic (exact) mass is 274 g/mol. The molecule has 20 heavy (non-hydrogen) atoms. The van der Waals surface area contributed by atoms with Gasteiger partial charge in [0.05, 0.1) is 0 Å². The number of likely N-dealkylation sites (tertiary alicyclic amines) is 1. The van der Waals surface area contributed by atoms with Crippen LogP contribution < -0.4 is 5.32 Å². The largest absolute Gasteiger partial charge is 0.367 e. The normalized spacial score (nSPS) is 25.1. The zero-order valence-corrected chi connectivity index (χ0v) is 12.2. The van der Waals surface area contributed by atoms with Gasteiger partial charge in [0.1, 0.15) is 12.1 Å². The molecule has 1 amide bonds. The number of amides is 1. The Morgan fingerprint density at radius 1 is 1.35 bits per heavy atom. The number of nitrogens with one attached hydrogen (secondary N) is 1. The van der Waals surface area contributed by atoms with Crippen LogP contribution in [0.15, 0.2) is 12.4 Å². The van der Waals surface area contributed by atoms with Crippen LogP contribution in [0.25, 0.3) is 0 Å². The van der Waals surface area contributed by atoms with Gasteiger partial charge in [0.25, 0.3) is 0 Å². The summed E-state index contributed by atoms with van der Waals surface area (Å²) >= 11 is 0. The molecule has 1 saturated carbocycles. The van der Waals surface area contributed by atoms with Gasteiger partial charge in [-0.2, -0.15) is 0 Å². The van der Waals surface area contributed by atoms with Gasteiger partial charge in [-0.05, 0) is 25.2 Å². The Hall–Kier alpha value is -1.65. The molecule has 0 radical (unpaired) electrons. The van der Waals surface area contributed by atoms with E-state index < -0.39 is 0 Å². The van der Waals surface area contributed by atoms with Crippen molar-refractivity contribution in [3.63, 3.8) is 0 Å². The lowest BCUT2D eigenvalue weighted by molar-refractivity contribution is -0.142. The van der Waals surface area contributed by atoms with Gasteiger partial charge in [0.2, 0.25) is 5.91 Å². The Morgan fingerprint density at radius 3 is 2.70 bits per heavy atom. The van der Waals surface area contributed by atoms with Crippen LogP contribution in [0.1, 0.15) is 44.7 Å². The second kappa shape index (κ2) is 5.38. The van der Waals surface area contributed by atoms with Crippen molar-refractivity contribution in [2.45, 2.75) is 45.1 Å². The Balaban J connectivity index is 1.51. The van der Waals surface area contributed by atoms with Crippen molar-refractivity contribution in [1.29, 1.82) is 0 Å². The predicted molar refractivity (Wildman–Crippen MR) is 77.5 cm³/mol. The van der Waals surface area contributed by atoms with E-state index in [4.69, 9.17) is 0 Å². The number of nitrogens with zero attached hydrogens (tertiary/aromatic N) is 3. The number of hydrogen-bond donors (Lipinski definition) is 1. The molecule has 1 N–H and O–H groups in total. The van der Waals surface area contributed by atoms with E-state index in [0.717, 1.165) is 37.4 Å². The fourth-order valence-electron chi connectivity index (χ4n) is 2.71. The molecule has 0 aromatic carbocycles. The van der Waals surface area contributed by atoms with Crippen molar-refractivity contribution in [3.8, 4) is 0 Å². The average Bonchev–Trinajstić information content (AvgIpc) is 2.31. The highest BCUT2D eigenvalue weighted by Crippen LogP contribution is 2.32. The standard InChI is InChI=1S/C15H22N4O/c1-10(2)13-8-14(17-9-16-13)18-12-6-11(7-12)15(20)19-4-3-5-19/h8-12H,3-7H2,1-2H3,(H,16,17,18)/t11-,12+. The molecule has 5 nitrogen and oxygen atoms in total. The Kier molecular flexibility index (Phi) is 3.59. The van der Waals surface area contributed by atoms with Gasteiger partial charge in [-0.15, -0.1) is 0 Å². The molecule has 3 rings (SSSR count). The molecule has 1 aromatic rings. The molecule has 1 aliphatic carbocycles. The van der Waals surface area contributed by atoms with Crippen LogP contribution in [-0.2, 0) is 4.79 Å². The van der Waals surface area contributed by atoms with Gasteiger partial charge in [0, 0.05) is 36.8 Å². The topological polar surface area (TPSA) is 58.1 Å². The number of rotatable bonds is 4. The SMILES string of the molecule is CC(C)c1cc(N[C@H]2C[C@@H](C(=O)N3CCC3)C2)ncn1. The maximum atomic E-state index is 12.0. The summed E-state index contributed by atoms with van der Waals surface area (Å²) < 4.78 is 0. The third-order valence-electron chi connectivity index (χ3n) is 4.29. The van der Waals surface area contributed by atoms with Gasteiger partial charge >= 0.3 is 0 Å². The van der Waals surface area contributed by atoms with Gasteiger partial charge in [0.15, 0.2) is 0 Å². The van der Waals surface area contributed by atoms with Crippen molar-refractivity contribution < 1.29 is 4.79 Å². The number of aromatic nitrogens is 2. The second-order valence-corrected chi connectivity index (χ2v) is 6.17. The molecule has 2 fully saturated rings. The number of carbonyl (C=O) groups is 1. The molecule has 108 valence electrons. The number of carbonyl (C=O) groups excluding carboxylic acids is 1. The smallest absolute Gasteiger partial charge is 0.225 e. The molecular weight excluding hydrogens is 252 g/mol. The fourth-order valence-corrected chi connectivity index (χ4v) is 2.71. The fraction of sp³-hybridized carbons (Fsp3) is 0.667. The third-order valence-corrected chi connectivity index (χ3v) is 4.29. The molecule has 1 aromatic heterocycles. The molecule has 5 heteroatoms. The summed E-state index contributed by atoms with van der Waals surface area (Å²) in [5, 5.41) is 3.41. The summed E-state index contributed by atoms with van der Waals surface area (Å²) in [5.74, 6) is 1.85. The number of hydrogen-bond acceptors (Lipinski definition) is 4. The number of anilines is 1. The van der Waals surface area contributed by atoms with E-state index in [-0.39, 0.29) is 5.92 Å². The van der Waals surface area contributed by atoms with E-state index in [9.17, 15) is 4.79 Å². The minimum absolute atomic E-state index is 0.221. The summed E-state index contributed by atoms with van der Waals surface area (Å²) in [7, 11) is 0. The maximum absolute atomic E-state index is 12.0. The van der Waals surface area contributed by atoms with E-state index in [1.807, 2.05) is 11.0 Å². The minimum Gasteiger partial charge on any atom is -0.367 e. The molecule has 0 unspecified atom stereocenters. The van der Waals surface area contributed by atoms with Crippen LogP contribution in [0, 0.1) is 5.92 Å². The van der Waals surface area contributed by atoms with E-state index >= 15 is 0 Å². The average molecular weight is 274 g/mol. The summed E-state index contributed by atoms with van der Waals surface area (Å²) in [6.07, 6.45) is 4.63. The lowest BCUT2D eigenvalue weighted by Crippen LogP contribution is -2.50. The summed E-state index contributed by atoms with van der Waals surface area (Å²) in [5.41, 5.74) is 1.05. The first-order chi connectivity index (χ1) is 9.63. The molecule has 2 heterocycles. The molecular formula is C15H22N4O. The highest BCUT2D eigenvalue weighted by atomic mass is 16.2. The lowest BCUT2D eigenvalue weighted by Gasteiger charge is -2.41. The Bertz CT molecular complexity index is 492. The van der Waals surface area contributed by atoms with E-state index in [2.05, 4.69) is 29.1 Å². The van der Waals surface area contributed by atoms with Crippen LogP contribution >= 0.6 is 0 Å². The molecule has 0 spiro atoms. The molecule has 1 saturated heterocycles. The lowest BCUT2D eigenvalue weighted by atomic mass is 9.79. The van der Waals surface area contributed by atoms with Gasteiger partial charge < -0.3 is 10.2 Å². The van der Waals surface area contributed by atoms with E-state index in [1.165, 1.54) is 6.42 Å². The first-order valence-electron chi connectivity index (χ1n) is 7.50. The van der Waals surface area contributed by atoms with Crippen molar-refractivity contribution in [1.82, 2.24) is 14.9 Å². The minimum atomic E-state index is 0.221. The second-order valence-electron chi connectivity index (χ2n) is 6.17. The van der Waals surface area contributed by atoms with Crippen molar-refractivity contribution >= 4 is 11.7 Å². The Morgan fingerprint density at radius 2 is 2.10 bits per heavy atom. The maximum Gasteiger partial charge on any atom is 0.225 e. The summed E-state index contributed by atoms with van der Waals surface area (Å²) in [6, 6.07) is 2.38.